The molecule has 0 bridgehead atoms. The Kier molecular flexibility index (Phi) is 3.33. The molecule has 0 spiro atoms. The van der Waals surface area contributed by atoms with Crippen LogP contribution in [0.25, 0.3) is 11.3 Å². The second-order valence-electron chi connectivity index (χ2n) is 3.28. The van der Waals surface area contributed by atoms with Gasteiger partial charge in [0.25, 0.3) is 0 Å². The second-order valence-corrected chi connectivity index (χ2v) is 4.45. The molecule has 2 aromatic rings. The molecule has 16 heavy (non-hydrogen) atoms. The molecule has 0 aliphatic rings. The van der Waals surface area contributed by atoms with Crippen molar-refractivity contribution in [2.75, 3.05) is 0 Å². The van der Waals surface area contributed by atoms with Crippen molar-refractivity contribution in [3.8, 4) is 11.3 Å². The third kappa shape index (κ3) is 2.29. The van der Waals surface area contributed by atoms with Crippen molar-refractivity contribution in [3.05, 3.63) is 45.3 Å². The third-order valence-electron chi connectivity index (χ3n) is 2.07. The second kappa shape index (κ2) is 4.58. The topological polar surface area (TPSA) is 25.8 Å². The number of pyridine rings is 2. The van der Waals surface area contributed by atoms with Crippen molar-refractivity contribution < 1.29 is 0 Å². The fourth-order valence-corrected chi connectivity index (χ4v) is 1.86. The lowest BCUT2D eigenvalue weighted by Crippen LogP contribution is -1.89. The molecule has 2 heterocycles. The largest absolute Gasteiger partial charge is 0.261 e. The van der Waals surface area contributed by atoms with E-state index in [4.69, 9.17) is 34.8 Å². The molecule has 0 saturated carbocycles. The molecule has 2 rings (SSSR count). The van der Waals surface area contributed by atoms with Crippen molar-refractivity contribution in [1.82, 2.24) is 9.97 Å². The molecule has 0 fully saturated rings. The molecule has 0 amide bonds. The fraction of sp³-hybridized carbons (Fsp3) is 0.0909. The number of rotatable bonds is 1. The van der Waals surface area contributed by atoms with E-state index >= 15 is 0 Å². The minimum atomic E-state index is 0.238. The summed E-state index contributed by atoms with van der Waals surface area (Å²) in [5.41, 5.74) is 2.33. The summed E-state index contributed by atoms with van der Waals surface area (Å²) >= 11 is 17.7. The van der Waals surface area contributed by atoms with Crippen LogP contribution in [-0.4, -0.2) is 9.97 Å². The van der Waals surface area contributed by atoms with Crippen LogP contribution in [-0.2, 0) is 0 Å². The Morgan fingerprint density at radius 1 is 1.06 bits per heavy atom. The minimum Gasteiger partial charge on any atom is -0.261 e. The maximum Gasteiger partial charge on any atom is 0.148 e. The van der Waals surface area contributed by atoms with Gasteiger partial charge in [0.05, 0.1) is 15.7 Å². The Bertz CT molecular complexity index is 523. The average Bonchev–Trinajstić information content (AvgIpc) is 2.25. The van der Waals surface area contributed by atoms with Gasteiger partial charge in [0, 0.05) is 17.5 Å². The van der Waals surface area contributed by atoms with Gasteiger partial charge in [-0.15, -0.1) is 0 Å². The Labute approximate surface area is 108 Å². The highest BCUT2D eigenvalue weighted by Gasteiger charge is 2.09. The molecule has 82 valence electrons. The summed E-state index contributed by atoms with van der Waals surface area (Å²) in [6, 6.07) is 5.35. The van der Waals surface area contributed by atoms with Gasteiger partial charge in [0.15, 0.2) is 0 Å². The van der Waals surface area contributed by atoms with Crippen LogP contribution in [0.1, 0.15) is 5.69 Å². The zero-order valence-electron chi connectivity index (χ0n) is 8.34. The summed E-state index contributed by atoms with van der Waals surface area (Å²) in [6.45, 7) is 1.91. The van der Waals surface area contributed by atoms with Crippen LogP contribution in [0.3, 0.4) is 0 Å². The van der Waals surface area contributed by atoms with Gasteiger partial charge in [-0.05, 0) is 25.1 Å². The molecular weight excluding hydrogens is 266 g/mol. The van der Waals surface area contributed by atoms with Crippen LogP contribution < -0.4 is 0 Å². The summed E-state index contributed by atoms with van der Waals surface area (Å²) in [7, 11) is 0. The van der Waals surface area contributed by atoms with E-state index in [0.717, 1.165) is 11.3 Å². The maximum atomic E-state index is 6.04. The Balaban J connectivity index is 2.56. The molecule has 0 aliphatic heterocycles. The summed E-state index contributed by atoms with van der Waals surface area (Å²) in [6.07, 6.45) is 1.70. The Morgan fingerprint density at radius 2 is 1.81 bits per heavy atom. The summed E-state index contributed by atoms with van der Waals surface area (Å²) in [5.74, 6) is 0. The Hall–Kier alpha value is -0.830. The van der Waals surface area contributed by atoms with Gasteiger partial charge >= 0.3 is 0 Å². The smallest absolute Gasteiger partial charge is 0.148 e. The highest BCUT2D eigenvalue weighted by atomic mass is 35.5. The summed E-state index contributed by atoms with van der Waals surface area (Å²) < 4.78 is 0. The fourth-order valence-electron chi connectivity index (χ4n) is 1.25. The van der Waals surface area contributed by atoms with Gasteiger partial charge in [0.1, 0.15) is 5.15 Å². The van der Waals surface area contributed by atoms with E-state index in [-0.39, 0.29) is 5.15 Å². The molecule has 0 saturated heterocycles. The van der Waals surface area contributed by atoms with E-state index in [1.165, 1.54) is 0 Å². The number of aryl methyl sites for hydroxylation is 1. The quantitative estimate of drug-likeness (QED) is 0.719. The van der Waals surface area contributed by atoms with E-state index in [2.05, 4.69) is 9.97 Å². The molecule has 0 N–H and O–H groups in total. The van der Waals surface area contributed by atoms with Gasteiger partial charge < -0.3 is 0 Å². The first-order valence-electron chi connectivity index (χ1n) is 4.52. The maximum absolute atomic E-state index is 6.04. The lowest BCUT2D eigenvalue weighted by molar-refractivity contribution is 1.19. The van der Waals surface area contributed by atoms with Crippen LogP contribution in [0.5, 0.6) is 0 Å². The zero-order valence-corrected chi connectivity index (χ0v) is 10.6. The van der Waals surface area contributed by atoms with Crippen molar-refractivity contribution in [2.45, 2.75) is 6.92 Å². The average molecular weight is 274 g/mol. The van der Waals surface area contributed by atoms with Crippen molar-refractivity contribution >= 4 is 34.8 Å². The van der Waals surface area contributed by atoms with Crippen molar-refractivity contribution in [2.24, 2.45) is 0 Å². The van der Waals surface area contributed by atoms with Crippen LogP contribution in [0.4, 0.5) is 0 Å². The van der Waals surface area contributed by atoms with E-state index < -0.39 is 0 Å². The molecular formula is C11H7Cl3N2. The zero-order chi connectivity index (χ0) is 11.7. The number of hydrogen-bond acceptors (Lipinski definition) is 2. The first-order valence-corrected chi connectivity index (χ1v) is 5.66. The molecule has 5 heteroatoms. The van der Waals surface area contributed by atoms with Gasteiger partial charge in [0.2, 0.25) is 0 Å². The molecule has 2 nitrogen and oxygen atoms in total. The monoisotopic (exact) mass is 272 g/mol. The first-order chi connectivity index (χ1) is 7.58. The van der Waals surface area contributed by atoms with Crippen LogP contribution in [0.2, 0.25) is 15.2 Å². The van der Waals surface area contributed by atoms with Crippen LogP contribution >= 0.6 is 34.8 Å². The first kappa shape index (κ1) is 11.6. The van der Waals surface area contributed by atoms with Crippen molar-refractivity contribution in [3.63, 3.8) is 0 Å². The number of nitrogens with zero attached hydrogens (tertiary/aromatic N) is 2. The normalized spacial score (nSPS) is 10.5. The number of halogens is 3. The van der Waals surface area contributed by atoms with Gasteiger partial charge in [-0.3, -0.25) is 4.98 Å². The predicted octanol–water partition coefficient (Wildman–Crippen LogP) is 4.41. The number of hydrogen-bond donors (Lipinski definition) is 0. The summed E-state index contributed by atoms with van der Waals surface area (Å²) in [5, 5.41) is 1.04. The van der Waals surface area contributed by atoms with Crippen LogP contribution in [0, 0.1) is 6.92 Å². The SMILES string of the molecule is Cc1ccc(-c2nc(Cl)c(Cl)cc2Cl)cn1. The predicted molar refractivity (Wildman–Crippen MR) is 67.2 cm³/mol. The van der Waals surface area contributed by atoms with E-state index in [1.54, 1.807) is 12.3 Å². The minimum absolute atomic E-state index is 0.238. The lowest BCUT2D eigenvalue weighted by Gasteiger charge is -2.05. The lowest BCUT2D eigenvalue weighted by atomic mass is 10.2. The molecule has 0 aliphatic carbocycles. The number of aromatic nitrogens is 2. The molecule has 0 unspecified atom stereocenters. The van der Waals surface area contributed by atoms with E-state index in [9.17, 15) is 0 Å². The molecule has 0 atom stereocenters. The standard InChI is InChI=1S/C11H7Cl3N2/c1-6-2-3-7(5-15-6)10-8(12)4-9(13)11(14)16-10/h2-5H,1H3. The van der Waals surface area contributed by atoms with Crippen molar-refractivity contribution in [1.29, 1.82) is 0 Å². The van der Waals surface area contributed by atoms with E-state index in [0.29, 0.717) is 15.7 Å². The molecule has 2 aromatic heterocycles. The van der Waals surface area contributed by atoms with Gasteiger partial charge in [-0.25, -0.2) is 4.98 Å². The highest BCUT2D eigenvalue weighted by molar-refractivity contribution is 6.42. The highest BCUT2D eigenvalue weighted by Crippen LogP contribution is 2.31. The Morgan fingerprint density at radius 3 is 2.44 bits per heavy atom. The third-order valence-corrected chi connectivity index (χ3v) is 3.03. The molecule has 0 radical (unpaired) electrons. The van der Waals surface area contributed by atoms with Gasteiger partial charge in [-0.2, -0.15) is 0 Å². The van der Waals surface area contributed by atoms with E-state index in [1.807, 2.05) is 19.1 Å². The van der Waals surface area contributed by atoms with Crippen LogP contribution in [0.15, 0.2) is 24.4 Å². The summed E-state index contributed by atoms with van der Waals surface area (Å²) in [4.78, 5) is 8.31. The van der Waals surface area contributed by atoms with Gasteiger partial charge in [-0.1, -0.05) is 34.8 Å². The molecule has 0 aromatic carbocycles.